The van der Waals surface area contributed by atoms with Crippen LogP contribution in [0.15, 0.2) is 54.6 Å². The number of nitrogens with zero attached hydrogens (tertiary/aromatic N) is 4. The van der Waals surface area contributed by atoms with Crippen molar-refractivity contribution < 1.29 is 22.7 Å². The first-order valence-electron chi connectivity index (χ1n) is 12.1. The van der Waals surface area contributed by atoms with Crippen molar-refractivity contribution in [3.63, 3.8) is 0 Å². The third-order valence-electron chi connectivity index (χ3n) is 6.28. The summed E-state index contributed by atoms with van der Waals surface area (Å²) >= 11 is 0. The van der Waals surface area contributed by atoms with E-state index in [0.29, 0.717) is 30.2 Å². The molecular weight excluding hydrogens is 481 g/mol. The van der Waals surface area contributed by atoms with E-state index in [9.17, 15) is 18.0 Å². The lowest BCUT2D eigenvalue weighted by Gasteiger charge is -2.18. The molecule has 0 spiro atoms. The van der Waals surface area contributed by atoms with Gasteiger partial charge in [-0.2, -0.15) is 18.3 Å². The van der Waals surface area contributed by atoms with E-state index in [0.717, 1.165) is 28.6 Å². The molecule has 1 amide bonds. The molecule has 2 aromatic carbocycles. The van der Waals surface area contributed by atoms with Gasteiger partial charge in [-0.05, 0) is 64.1 Å². The number of amides is 1. The van der Waals surface area contributed by atoms with Crippen LogP contribution in [0.4, 0.5) is 13.2 Å². The molecule has 0 saturated heterocycles. The molecule has 4 rings (SSSR count). The van der Waals surface area contributed by atoms with Crippen molar-refractivity contribution in [1.82, 2.24) is 19.5 Å². The van der Waals surface area contributed by atoms with Crippen LogP contribution in [0, 0.1) is 13.8 Å². The molecule has 0 aliphatic heterocycles. The average molecular weight is 511 g/mol. The van der Waals surface area contributed by atoms with Gasteiger partial charge in [0.15, 0.2) is 5.65 Å². The first kappa shape index (κ1) is 26.2. The lowest BCUT2D eigenvalue weighted by molar-refractivity contribution is -0.138. The zero-order chi connectivity index (χ0) is 26.7. The second kappa shape index (κ2) is 10.6. The molecule has 0 aliphatic rings. The smallest absolute Gasteiger partial charge is 0.416 e. The van der Waals surface area contributed by atoms with Gasteiger partial charge in [0.25, 0.3) is 0 Å². The van der Waals surface area contributed by atoms with Crippen LogP contribution in [0.25, 0.3) is 16.9 Å². The molecule has 0 bridgehead atoms. The Labute approximate surface area is 213 Å². The van der Waals surface area contributed by atoms with Crippen LogP contribution in [-0.2, 0) is 24.0 Å². The van der Waals surface area contributed by atoms with Crippen LogP contribution in [0.3, 0.4) is 0 Å². The fourth-order valence-electron chi connectivity index (χ4n) is 4.39. The van der Waals surface area contributed by atoms with Crippen LogP contribution < -0.4 is 4.74 Å². The number of likely N-dealkylation sites (N-methyl/N-ethyl adjacent to an activating group) is 1. The molecular formula is C28H29F3N4O2. The van der Waals surface area contributed by atoms with E-state index in [4.69, 9.17) is 9.84 Å². The summed E-state index contributed by atoms with van der Waals surface area (Å²) in [6.07, 6.45) is -4.29. The predicted octanol–water partition coefficient (Wildman–Crippen LogP) is 6.02. The van der Waals surface area contributed by atoms with Gasteiger partial charge in [0, 0.05) is 41.2 Å². The summed E-state index contributed by atoms with van der Waals surface area (Å²) in [4.78, 5) is 19.4. The van der Waals surface area contributed by atoms with E-state index in [1.54, 1.807) is 39.7 Å². The van der Waals surface area contributed by atoms with Crippen LogP contribution in [0.5, 0.6) is 5.75 Å². The Morgan fingerprint density at radius 1 is 1.03 bits per heavy atom. The number of aryl methyl sites for hydroxylation is 2. The SMILES string of the molecule is CCN(CC)C(=O)Cc1c(-c2ccc(OCc3ccccc3C(F)(F)F)cc2)nn2c(C)cc(C)nc12. The van der Waals surface area contributed by atoms with Crippen LogP contribution >= 0.6 is 0 Å². The molecule has 0 radical (unpaired) electrons. The Kier molecular flexibility index (Phi) is 7.52. The van der Waals surface area contributed by atoms with E-state index >= 15 is 0 Å². The Bertz CT molecular complexity index is 1410. The molecule has 0 N–H and O–H groups in total. The molecule has 0 saturated carbocycles. The summed E-state index contributed by atoms with van der Waals surface area (Å²) in [5.41, 5.74) is 3.84. The van der Waals surface area contributed by atoms with Crippen LogP contribution in [0.2, 0.25) is 0 Å². The van der Waals surface area contributed by atoms with Gasteiger partial charge < -0.3 is 9.64 Å². The fraction of sp³-hybridized carbons (Fsp3) is 0.321. The highest BCUT2D eigenvalue weighted by molar-refractivity contribution is 5.84. The maximum absolute atomic E-state index is 13.3. The van der Waals surface area contributed by atoms with E-state index < -0.39 is 11.7 Å². The second-order valence-corrected chi connectivity index (χ2v) is 8.81. The molecule has 0 fully saturated rings. The fourth-order valence-corrected chi connectivity index (χ4v) is 4.39. The molecule has 194 valence electrons. The number of halogens is 3. The minimum absolute atomic E-state index is 0.00890. The van der Waals surface area contributed by atoms with Crippen molar-refractivity contribution in [2.75, 3.05) is 13.1 Å². The Hall–Kier alpha value is -3.88. The molecule has 4 aromatic rings. The first-order valence-corrected chi connectivity index (χ1v) is 12.1. The number of carbonyl (C=O) groups is 1. The van der Waals surface area contributed by atoms with Crippen LogP contribution in [0.1, 0.15) is 41.9 Å². The number of fused-ring (bicyclic) bond motifs is 1. The predicted molar refractivity (Wildman–Crippen MR) is 135 cm³/mol. The van der Waals surface area contributed by atoms with Crippen molar-refractivity contribution in [1.29, 1.82) is 0 Å². The van der Waals surface area contributed by atoms with Crippen LogP contribution in [-0.4, -0.2) is 38.5 Å². The normalized spacial score (nSPS) is 11.6. The van der Waals surface area contributed by atoms with Crippen molar-refractivity contribution in [3.8, 4) is 17.0 Å². The quantitative estimate of drug-likeness (QED) is 0.291. The number of rotatable bonds is 8. The molecule has 0 aliphatic carbocycles. The number of carbonyl (C=O) groups excluding carboxylic acids is 1. The lowest BCUT2D eigenvalue weighted by Crippen LogP contribution is -2.31. The third-order valence-corrected chi connectivity index (χ3v) is 6.28. The van der Waals surface area contributed by atoms with Gasteiger partial charge in [-0.3, -0.25) is 4.79 Å². The first-order chi connectivity index (χ1) is 17.6. The third kappa shape index (κ3) is 5.60. The molecule has 9 heteroatoms. The molecule has 0 atom stereocenters. The highest BCUT2D eigenvalue weighted by Gasteiger charge is 2.33. The van der Waals surface area contributed by atoms with Gasteiger partial charge >= 0.3 is 6.18 Å². The number of benzene rings is 2. The van der Waals surface area contributed by atoms with Crippen molar-refractivity contribution in [2.24, 2.45) is 0 Å². The van der Waals surface area contributed by atoms with E-state index in [1.807, 2.05) is 33.8 Å². The van der Waals surface area contributed by atoms with E-state index in [1.165, 1.54) is 12.1 Å². The largest absolute Gasteiger partial charge is 0.489 e. The van der Waals surface area contributed by atoms with Gasteiger partial charge in [-0.25, -0.2) is 9.50 Å². The van der Waals surface area contributed by atoms with E-state index in [-0.39, 0.29) is 24.5 Å². The molecule has 37 heavy (non-hydrogen) atoms. The Balaban J connectivity index is 1.65. The topological polar surface area (TPSA) is 59.7 Å². The Morgan fingerprint density at radius 3 is 2.35 bits per heavy atom. The summed E-state index contributed by atoms with van der Waals surface area (Å²) in [7, 11) is 0. The van der Waals surface area contributed by atoms with Gasteiger partial charge in [0.2, 0.25) is 5.91 Å². The van der Waals surface area contributed by atoms with Gasteiger partial charge in [-0.15, -0.1) is 0 Å². The second-order valence-electron chi connectivity index (χ2n) is 8.81. The summed E-state index contributed by atoms with van der Waals surface area (Å²) < 4.78 is 47.3. The molecule has 6 nitrogen and oxygen atoms in total. The standard InChI is InChI=1S/C28H29F3N4O2/c1-5-34(6-2)25(36)16-23-26(33-35-19(4)15-18(3)32-27(23)35)20-11-13-22(14-12-20)37-17-21-9-7-8-10-24(21)28(29,30)31/h7-15H,5-6,16-17H2,1-4H3. The maximum atomic E-state index is 13.3. The Morgan fingerprint density at radius 2 is 1.70 bits per heavy atom. The van der Waals surface area contributed by atoms with Gasteiger partial charge in [0.05, 0.1) is 17.7 Å². The highest BCUT2D eigenvalue weighted by atomic mass is 19.4. The lowest BCUT2D eigenvalue weighted by atomic mass is 10.0. The molecule has 2 aromatic heterocycles. The monoisotopic (exact) mass is 510 g/mol. The highest BCUT2D eigenvalue weighted by Crippen LogP contribution is 2.33. The average Bonchev–Trinajstić information content (AvgIpc) is 3.22. The zero-order valence-electron chi connectivity index (χ0n) is 21.3. The number of hydrogen-bond donors (Lipinski definition) is 0. The minimum atomic E-state index is -4.45. The van der Waals surface area contributed by atoms with Crippen molar-refractivity contribution in [2.45, 2.75) is 46.9 Å². The summed E-state index contributed by atoms with van der Waals surface area (Å²) in [6, 6.07) is 14.3. The number of hydrogen-bond acceptors (Lipinski definition) is 4. The maximum Gasteiger partial charge on any atom is 0.416 e. The van der Waals surface area contributed by atoms with Gasteiger partial charge in [0.1, 0.15) is 12.4 Å². The zero-order valence-corrected chi connectivity index (χ0v) is 21.3. The molecule has 0 unspecified atom stereocenters. The summed E-state index contributed by atoms with van der Waals surface area (Å²) in [5.74, 6) is 0.417. The number of ether oxygens (including phenoxy) is 1. The number of aromatic nitrogens is 3. The summed E-state index contributed by atoms with van der Waals surface area (Å²) in [5, 5.41) is 4.77. The van der Waals surface area contributed by atoms with Crippen molar-refractivity contribution >= 4 is 11.6 Å². The summed E-state index contributed by atoms with van der Waals surface area (Å²) in [6.45, 7) is 8.73. The van der Waals surface area contributed by atoms with E-state index in [2.05, 4.69) is 4.98 Å². The van der Waals surface area contributed by atoms with Gasteiger partial charge in [-0.1, -0.05) is 18.2 Å². The minimum Gasteiger partial charge on any atom is -0.489 e. The molecule has 2 heterocycles. The number of alkyl halides is 3. The van der Waals surface area contributed by atoms with Crippen molar-refractivity contribution in [3.05, 3.63) is 82.7 Å².